The van der Waals surface area contributed by atoms with Crippen LogP contribution in [0.25, 0.3) is 0 Å². The third-order valence-electron chi connectivity index (χ3n) is 1.20. The van der Waals surface area contributed by atoms with E-state index in [0.29, 0.717) is 0 Å². The Balaban J connectivity index is 0.000000810. The van der Waals surface area contributed by atoms with E-state index in [4.69, 9.17) is 0 Å². The van der Waals surface area contributed by atoms with Gasteiger partial charge in [-0.3, -0.25) is 10.1 Å². The van der Waals surface area contributed by atoms with Crippen molar-refractivity contribution < 1.29 is 21.9 Å². The molecule has 5 heteroatoms. The van der Waals surface area contributed by atoms with Crippen LogP contribution in [0.4, 0.5) is 0 Å². The van der Waals surface area contributed by atoms with Gasteiger partial charge in [-0.1, -0.05) is 0 Å². The fourth-order valence-electron chi connectivity index (χ4n) is 0.689. The number of methoxy groups -OCH3 is 1. The first-order chi connectivity index (χ1) is 4.34. The molecule has 0 aromatic heterocycles. The number of thioether (sulfide) groups is 1. The van der Waals surface area contributed by atoms with E-state index in [2.05, 4.69) is 10.1 Å². The van der Waals surface area contributed by atoms with Gasteiger partial charge < -0.3 is 17.1 Å². The second-order valence-electron chi connectivity index (χ2n) is 1.79. The first-order valence-corrected chi connectivity index (χ1v) is 3.89. The number of ether oxygens (including phenoxy) is 1. The third-order valence-corrected chi connectivity index (χ3v) is 2.14. The summed E-state index contributed by atoms with van der Waals surface area (Å²) in [7, 11) is 1.41. The normalized spacial score (nSPS) is 23.5. The molecule has 0 bridgehead atoms. The molecule has 0 spiro atoms. The summed E-state index contributed by atoms with van der Waals surface area (Å²) < 4.78 is 4.52. The van der Waals surface area contributed by atoms with E-state index < -0.39 is 0 Å². The van der Waals surface area contributed by atoms with Crippen LogP contribution >= 0.6 is 11.8 Å². The third kappa shape index (κ3) is 2.36. The highest BCUT2D eigenvalue weighted by atomic mass is 35.5. The van der Waals surface area contributed by atoms with Crippen LogP contribution in [0.1, 0.15) is 0 Å². The maximum atomic E-state index is 10.7. The number of carbonyl (C=O) groups excluding carboxylic acids is 1. The first kappa shape index (κ1) is 10.1. The van der Waals surface area contributed by atoms with Gasteiger partial charge in [0.15, 0.2) is 0 Å². The molecule has 1 heterocycles. The lowest BCUT2D eigenvalue weighted by Gasteiger charge is -2.03. The average molecular weight is 183 g/mol. The van der Waals surface area contributed by atoms with Crippen molar-refractivity contribution in [3.05, 3.63) is 0 Å². The van der Waals surface area contributed by atoms with Crippen LogP contribution in [0, 0.1) is 0 Å². The molecule has 1 aliphatic heterocycles. The molecule has 0 radical (unpaired) electrons. The van der Waals surface area contributed by atoms with E-state index in [1.165, 1.54) is 7.11 Å². The monoisotopic (exact) mass is 182 g/mol. The van der Waals surface area contributed by atoms with E-state index in [9.17, 15) is 4.79 Å². The fourth-order valence-corrected chi connectivity index (χ4v) is 1.62. The standard InChI is InChI=1S/C5H9NO2S.ClH/c1-8-5(7)4-2-9-3-6-4;/h4,6H,2-3H2,1H3;1H/p-1. The quantitative estimate of drug-likeness (QED) is 0.435. The van der Waals surface area contributed by atoms with E-state index in [-0.39, 0.29) is 24.4 Å². The molecule has 0 aromatic carbocycles. The lowest BCUT2D eigenvalue weighted by Crippen LogP contribution is -3.00. The smallest absolute Gasteiger partial charge is 0.323 e. The molecule has 60 valence electrons. The first-order valence-electron chi connectivity index (χ1n) is 2.73. The summed E-state index contributed by atoms with van der Waals surface area (Å²) in [5.74, 6) is 1.55. The topological polar surface area (TPSA) is 38.3 Å². The van der Waals surface area contributed by atoms with Gasteiger partial charge in [0.05, 0.1) is 7.11 Å². The SMILES string of the molecule is COC(=O)C1CSCN1.[Cl-]. The van der Waals surface area contributed by atoms with Crippen molar-refractivity contribution in [2.75, 3.05) is 18.7 Å². The van der Waals surface area contributed by atoms with Gasteiger partial charge in [0.2, 0.25) is 0 Å². The molecule has 1 atom stereocenters. The van der Waals surface area contributed by atoms with Gasteiger partial charge in [-0.05, 0) is 0 Å². The highest BCUT2D eigenvalue weighted by Gasteiger charge is 2.22. The molecule has 3 nitrogen and oxygen atoms in total. The van der Waals surface area contributed by atoms with Crippen LogP contribution in [0.15, 0.2) is 0 Å². The number of nitrogens with one attached hydrogen (secondary N) is 1. The summed E-state index contributed by atoms with van der Waals surface area (Å²) in [6, 6.07) is -0.0694. The fraction of sp³-hybridized carbons (Fsp3) is 0.800. The Morgan fingerprint density at radius 2 is 2.50 bits per heavy atom. The van der Waals surface area contributed by atoms with Crippen LogP contribution in [0.2, 0.25) is 0 Å². The van der Waals surface area contributed by atoms with E-state index >= 15 is 0 Å². The van der Waals surface area contributed by atoms with Crippen molar-refractivity contribution in [2.45, 2.75) is 6.04 Å². The Labute approximate surface area is 70.3 Å². The average Bonchev–Trinajstić information content (AvgIpc) is 2.37. The molecule has 1 fully saturated rings. The summed E-state index contributed by atoms with van der Waals surface area (Å²) in [4.78, 5) is 10.7. The van der Waals surface area contributed by atoms with Gasteiger partial charge in [0, 0.05) is 11.6 Å². The summed E-state index contributed by atoms with van der Waals surface area (Å²) in [5, 5.41) is 3.00. The lowest BCUT2D eigenvalue weighted by molar-refractivity contribution is -0.142. The van der Waals surface area contributed by atoms with Crippen molar-refractivity contribution in [2.24, 2.45) is 0 Å². The Kier molecular flexibility index (Phi) is 4.85. The largest absolute Gasteiger partial charge is 1.00 e. The van der Waals surface area contributed by atoms with E-state index in [1.807, 2.05) is 0 Å². The Bertz CT molecular complexity index is 116. The molecule has 1 saturated heterocycles. The van der Waals surface area contributed by atoms with Crippen LogP contribution < -0.4 is 17.7 Å². The number of hydrogen-bond acceptors (Lipinski definition) is 4. The maximum absolute atomic E-state index is 10.7. The van der Waals surface area contributed by atoms with Gasteiger partial charge in [-0.15, -0.1) is 11.8 Å². The molecular formula is C5H9ClNO2S-. The number of esters is 1. The van der Waals surface area contributed by atoms with Gasteiger partial charge >= 0.3 is 5.97 Å². The summed E-state index contributed by atoms with van der Waals surface area (Å²) in [5.41, 5.74) is 0. The lowest BCUT2D eigenvalue weighted by atomic mass is 10.3. The van der Waals surface area contributed by atoms with Crippen molar-refractivity contribution >= 4 is 17.7 Å². The highest BCUT2D eigenvalue weighted by molar-refractivity contribution is 7.99. The minimum Gasteiger partial charge on any atom is -1.00 e. The Hall–Kier alpha value is 0.0700. The molecule has 10 heavy (non-hydrogen) atoms. The highest BCUT2D eigenvalue weighted by Crippen LogP contribution is 2.09. The van der Waals surface area contributed by atoms with Gasteiger partial charge in [-0.25, -0.2) is 0 Å². The number of halogens is 1. The minimum atomic E-state index is -0.153. The molecule has 1 unspecified atom stereocenters. The van der Waals surface area contributed by atoms with Crippen LogP contribution in [-0.4, -0.2) is 30.8 Å². The molecule has 1 rings (SSSR count). The summed E-state index contributed by atoms with van der Waals surface area (Å²) in [6.07, 6.45) is 0. The number of carbonyl (C=O) groups is 1. The molecule has 1 N–H and O–H groups in total. The molecule has 0 aliphatic carbocycles. The Morgan fingerprint density at radius 1 is 1.80 bits per heavy atom. The van der Waals surface area contributed by atoms with E-state index in [0.717, 1.165) is 11.6 Å². The molecule has 0 amide bonds. The van der Waals surface area contributed by atoms with Crippen LogP contribution in [-0.2, 0) is 9.53 Å². The van der Waals surface area contributed by atoms with Crippen LogP contribution in [0.3, 0.4) is 0 Å². The van der Waals surface area contributed by atoms with Crippen molar-refractivity contribution in [3.63, 3.8) is 0 Å². The molecule has 0 aromatic rings. The number of hydrogen-bond donors (Lipinski definition) is 1. The zero-order chi connectivity index (χ0) is 6.69. The zero-order valence-electron chi connectivity index (χ0n) is 5.59. The van der Waals surface area contributed by atoms with Crippen molar-refractivity contribution in [1.29, 1.82) is 0 Å². The Morgan fingerprint density at radius 3 is 2.90 bits per heavy atom. The van der Waals surface area contributed by atoms with E-state index in [1.54, 1.807) is 11.8 Å². The van der Waals surface area contributed by atoms with Crippen LogP contribution in [0.5, 0.6) is 0 Å². The van der Waals surface area contributed by atoms with Gasteiger partial charge in [0.25, 0.3) is 0 Å². The van der Waals surface area contributed by atoms with Gasteiger partial charge in [-0.2, -0.15) is 0 Å². The molecular weight excluding hydrogens is 174 g/mol. The summed E-state index contributed by atoms with van der Waals surface area (Å²) >= 11 is 1.71. The minimum absolute atomic E-state index is 0. The second-order valence-corrected chi connectivity index (χ2v) is 2.83. The predicted octanol–water partition coefficient (Wildman–Crippen LogP) is -3.17. The summed E-state index contributed by atoms with van der Waals surface area (Å²) in [6.45, 7) is 0. The number of rotatable bonds is 1. The maximum Gasteiger partial charge on any atom is 0.323 e. The predicted molar refractivity (Wildman–Crippen MR) is 36.3 cm³/mol. The van der Waals surface area contributed by atoms with Crippen molar-refractivity contribution in [1.82, 2.24) is 5.32 Å². The molecule has 1 aliphatic rings. The molecule has 0 saturated carbocycles. The van der Waals surface area contributed by atoms with Crippen molar-refractivity contribution in [3.8, 4) is 0 Å². The second kappa shape index (κ2) is 4.82. The zero-order valence-corrected chi connectivity index (χ0v) is 7.17. The van der Waals surface area contributed by atoms with Gasteiger partial charge in [0.1, 0.15) is 6.04 Å².